The summed E-state index contributed by atoms with van der Waals surface area (Å²) in [7, 11) is 1.70. The standard InChI is InChI=1S/C13H23N3O/c1-10-3-4-13(17-2)11(7-10)5-6-16-9-12(15)8-14/h3-4,7,12,16H,5-6,8-9,14-15H2,1-2H3. The first-order valence-corrected chi connectivity index (χ1v) is 5.97. The SMILES string of the molecule is COc1ccc(C)cc1CCNCC(N)CN. The van der Waals surface area contributed by atoms with E-state index in [0.29, 0.717) is 6.54 Å². The molecule has 0 aromatic heterocycles. The maximum Gasteiger partial charge on any atom is 0.122 e. The van der Waals surface area contributed by atoms with E-state index in [4.69, 9.17) is 16.2 Å². The number of nitrogens with two attached hydrogens (primary N) is 2. The molecule has 0 heterocycles. The lowest BCUT2D eigenvalue weighted by molar-refractivity contribution is 0.409. The number of hydrogen-bond acceptors (Lipinski definition) is 4. The van der Waals surface area contributed by atoms with E-state index >= 15 is 0 Å². The van der Waals surface area contributed by atoms with Gasteiger partial charge in [-0.1, -0.05) is 17.7 Å². The van der Waals surface area contributed by atoms with Crippen LogP contribution in [0.2, 0.25) is 0 Å². The minimum Gasteiger partial charge on any atom is -0.496 e. The van der Waals surface area contributed by atoms with Gasteiger partial charge in [-0.2, -0.15) is 0 Å². The molecule has 0 aliphatic rings. The maximum atomic E-state index is 5.72. The summed E-state index contributed by atoms with van der Waals surface area (Å²) in [4.78, 5) is 0. The minimum absolute atomic E-state index is 0.0365. The topological polar surface area (TPSA) is 73.3 Å². The molecule has 1 aromatic rings. The van der Waals surface area contributed by atoms with Gasteiger partial charge in [0.25, 0.3) is 0 Å². The molecule has 0 fully saturated rings. The van der Waals surface area contributed by atoms with Gasteiger partial charge in [-0.3, -0.25) is 0 Å². The molecule has 1 unspecified atom stereocenters. The monoisotopic (exact) mass is 237 g/mol. The summed E-state index contributed by atoms with van der Waals surface area (Å²) >= 11 is 0. The highest BCUT2D eigenvalue weighted by molar-refractivity contribution is 5.37. The van der Waals surface area contributed by atoms with Crippen LogP contribution in [-0.2, 0) is 6.42 Å². The Labute approximate surface area is 103 Å². The highest BCUT2D eigenvalue weighted by atomic mass is 16.5. The van der Waals surface area contributed by atoms with Gasteiger partial charge >= 0.3 is 0 Å². The number of benzene rings is 1. The van der Waals surface area contributed by atoms with E-state index in [1.807, 2.05) is 6.07 Å². The van der Waals surface area contributed by atoms with Gasteiger partial charge in [0.2, 0.25) is 0 Å². The van der Waals surface area contributed by atoms with Gasteiger partial charge < -0.3 is 21.5 Å². The third-order valence-corrected chi connectivity index (χ3v) is 2.72. The van der Waals surface area contributed by atoms with Crippen molar-refractivity contribution in [2.45, 2.75) is 19.4 Å². The fourth-order valence-electron chi connectivity index (χ4n) is 1.70. The van der Waals surface area contributed by atoms with Crippen LogP contribution < -0.4 is 21.5 Å². The first-order chi connectivity index (χ1) is 8.17. The molecular weight excluding hydrogens is 214 g/mol. The van der Waals surface area contributed by atoms with Crippen molar-refractivity contribution >= 4 is 0 Å². The van der Waals surface area contributed by atoms with Crippen LogP contribution in [0.5, 0.6) is 5.75 Å². The fourth-order valence-corrected chi connectivity index (χ4v) is 1.70. The van der Waals surface area contributed by atoms with Gasteiger partial charge in [-0.15, -0.1) is 0 Å². The highest BCUT2D eigenvalue weighted by Gasteiger charge is 2.03. The largest absolute Gasteiger partial charge is 0.496 e. The second-order valence-electron chi connectivity index (χ2n) is 4.27. The Morgan fingerprint density at radius 3 is 2.82 bits per heavy atom. The average Bonchev–Trinajstić information content (AvgIpc) is 2.34. The minimum atomic E-state index is 0.0365. The van der Waals surface area contributed by atoms with E-state index in [0.717, 1.165) is 25.3 Å². The highest BCUT2D eigenvalue weighted by Crippen LogP contribution is 2.19. The predicted octanol–water partition coefficient (Wildman–Crippen LogP) is 0.422. The smallest absolute Gasteiger partial charge is 0.122 e. The number of nitrogens with one attached hydrogen (secondary N) is 1. The Morgan fingerprint density at radius 1 is 1.41 bits per heavy atom. The zero-order valence-corrected chi connectivity index (χ0v) is 10.7. The summed E-state index contributed by atoms with van der Waals surface area (Å²) < 4.78 is 5.33. The van der Waals surface area contributed by atoms with Crippen molar-refractivity contribution in [2.75, 3.05) is 26.7 Å². The third-order valence-electron chi connectivity index (χ3n) is 2.72. The molecule has 0 saturated heterocycles. The lowest BCUT2D eigenvalue weighted by Crippen LogP contribution is -2.40. The van der Waals surface area contributed by atoms with Gasteiger partial charge in [0, 0.05) is 19.1 Å². The maximum absolute atomic E-state index is 5.72. The molecule has 0 aliphatic carbocycles. The zero-order valence-electron chi connectivity index (χ0n) is 10.7. The molecule has 1 aromatic carbocycles. The van der Waals surface area contributed by atoms with Crippen LogP contribution in [0, 0.1) is 6.92 Å². The number of hydrogen-bond donors (Lipinski definition) is 3. The van der Waals surface area contributed by atoms with Crippen LogP contribution in [0.4, 0.5) is 0 Å². The molecule has 1 atom stereocenters. The van der Waals surface area contributed by atoms with Crippen molar-refractivity contribution in [2.24, 2.45) is 11.5 Å². The Balaban J connectivity index is 2.42. The van der Waals surface area contributed by atoms with Crippen molar-refractivity contribution in [3.63, 3.8) is 0 Å². The van der Waals surface area contributed by atoms with E-state index in [9.17, 15) is 0 Å². The van der Waals surface area contributed by atoms with Gasteiger partial charge in [-0.05, 0) is 31.5 Å². The van der Waals surface area contributed by atoms with Crippen molar-refractivity contribution < 1.29 is 4.74 Å². The van der Waals surface area contributed by atoms with Crippen LogP contribution in [-0.4, -0.2) is 32.8 Å². The van der Waals surface area contributed by atoms with Gasteiger partial charge in [0.05, 0.1) is 7.11 Å². The number of methoxy groups -OCH3 is 1. The van der Waals surface area contributed by atoms with Gasteiger partial charge in [-0.25, -0.2) is 0 Å². The Morgan fingerprint density at radius 2 is 2.18 bits per heavy atom. The van der Waals surface area contributed by atoms with Crippen LogP contribution >= 0.6 is 0 Å². The predicted molar refractivity (Wildman–Crippen MR) is 71.3 cm³/mol. The summed E-state index contributed by atoms with van der Waals surface area (Å²) in [5, 5.41) is 3.29. The lowest BCUT2D eigenvalue weighted by atomic mass is 10.1. The molecule has 0 bridgehead atoms. The third kappa shape index (κ3) is 4.73. The van der Waals surface area contributed by atoms with E-state index in [-0.39, 0.29) is 6.04 Å². The zero-order chi connectivity index (χ0) is 12.7. The van der Waals surface area contributed by atoms with E-state index < -0.39 is 0 Å². The normalized spacial score (nSPS) is 12.5. The summed E-state index contributed by atoms with van der Waals surface area (Å²) in [5.41, 5.74) is 13.6. The Bertz CT molecular complexity index is 341. The molecular formula is C13H23N3O. The molecule has 0 saturated carbocycles. The summed E-state index contributed by atoms with van der Waals surface area (Å²) in [6, 6.07) is 6.26. The molecule has 4 nitrogen and oxygen atoms in total. The van der Waals surface area contributed by atoms with Gasteiger partial charge in [0.15, 0.2) is 0 Å². The van der Waals surface area contributed by atoms with Gasteiger partial charge in [0.1, 0.15) is 5.75 Å². The molecule has 5 N–H and O–H groups in total. The second kappa shape index (κ2) is 7.27. The molecule has 0 spiro atoms. The molecule has 4 heteroatoms. The Hall–Kier alpha value is -1.10. The molecule has 0 aliphatic heterocycles. The summed E-state index contributed by atoms with van der Waals surface area (Å²) in [6.07, 6.45) is 0.933. The van der Waals surface area contributed by atoms with Crippen molar-refractivity contribution in [3.8, 4) is 5.75 Å². The molecule has 1 rings (SSSR count). The quantitative estimate of drug-likeness (QED) is 0.601. The summed E-state index contributed by atoms with van der Waals surface area (Å²) in [6.45, 7) is 4.24. The first-order valence-electron chi connectivity index (χ1n) is 5.97. The van der Waals surface area contributed by atoms with Crippen LogP contribution in [0.1, 0.15) is 11.1 Å². The molecule has 0 amide bonds. The Kier molecular flexibility index (Phi) is 5.97. The van der Waals surface area contributed by atoms with Crippen molar-refractivity contribution in [3.05, 3.63) is 29.3 Å². The fraction of sp³-hybridized carbons (Fsp3) is 0.538. The van der Waals surface area contributed by atoms with E-state index in [1.54, 1.807) is 7.11 Å². The van der Waals surface area contributed by atoms with E-state index in [2.05, 4.69) is 24.4 Å². The number of ether oxygens (including phenoxy) is 1. The van der Waals surface area contributed by atoms with Crippen LogP contribution in [0.25, 0.3) is 0 Å². The number of rotatable bonds is 7. The van der Waals surface area contributed by atoms with Crippen molar-refractivity contribution in [1.82, 2.24) is 5.32 Å². The van der Waals surface area contributed by atoms with Crippen LogP contribution in [0.15, 0.2) is 18.2 Å². The summed E-state index contributed by atoms with van der Waals surface area (Å²) in [5.74, 6) is 0.945. The molecule has 96 valence electrons. The van der Waals surface area contributed by atoms with Crippen molar-refractivity contribution in [1.29, 1.82) is 0 Å². The van der Waals surface area contributed by atoms with Crippen LogP contribution in [0.3, 0.4) is 0 Å². The molecule has 17 heavy (non-hydrogen) atoms. The molecule has 0 radical (unpaired) electrons. The number of aryl methyl sites for hydroxylation is 1. The van der Waals surface area contributed by atoms with E-state index in [1.165, 1.54) is 11.1 Å². The second-order valence-corrected chi connectivity index (χ2v) is 4.27. The first kappa shape index (κ1) is 14.0. The average molecular weight is 237 g/mol. The lowest BCUT2D eigenvalue weighted by Gasteiger charge is -2.12.